The van der Waals surface area contributed by atoms with Crippen LogP contribution in [0.4, 0.5) is 19.1 Å². The van der Waals surface area contributed by atoms with Crippen LogP contribution in [0, 0.1) is 11.3 Å². The highest BCUT2D eigenvalue weighted by Crippen LogP contribution is 2.29. The standard InChI is InChI=1S/C21H16F3N9O/c1-33(8-5-17-26-6-2-7-27-17)20-29-13(18-14(10-25)31-32-19(18)30-20)9-15(34)12-3-4-16(28-11-12)21(22,23)24/h2-4,6-7,11H,5,8-9H2,1H3,(H,29,30,31,32). The third-order valence-electron chi connectivity index (χ3n) is 4.95. The molecule has 0 radical (unpaired) electrons. The van der Waals surface area contributed by atoms with Crippen LogP contribution in [0.2, 0.25) is 0 Å². The number of hydrogen-bond acceptors (Lipinski definition) is 9. The third kappa shape index (κ3) is 4.80. The number of pyridine rings is 1. The molecule has 10 nitrogen and oxygen atoms in total. The number of nitrogens with one attached hydrogen (secondary N) is 1. The second kappa shape index (κ2) is 9.18. The van der Waals surface area contributed by atoms with E-state index < -0.39 is 17.7 Å². The zero-order valence-electron chi connectivity index (χ0n) is 17.7. The van der Waals surface area contributed by atoms with Gasteiger partial charge in [-0.3, -0.25) is 9.78 Å². The first-order valence-electron chi connectivity index (χ1n) is 9.95. The van der Waals surface area contributed by atoms with Crippen molar-refractivity contribution in [2.24, 2.45) is 0 Å². The second-order valence-corrected chi connectivity index (χ2v) is 7.26. The lowest BCUT2D eigenvalue weighted by molar-refractivity contribution is -0.141. The Hall–Kier alpha value is -4.47. The number of nitriles is 1. The van der Waals surface area contributed by atoms with E-state index in [2.05, 4.69) is 35.1 Å². The van der Waals surface area contributed by atoms with Crippen LogP contribution in [-0.2, 0) is 19.0 Å². The van der Waals surface area contributed by atoms with E-state index in [4.69, 9.17) is 0 Å². The maximum absolute atomic E-state index is 12.8. The topological polar surface area (TPSA) is 137 Å². The van der Waals surface area contributed by atoms with Crippen molar-refractivity contribution >= 4 is 11.7 Å². The molecule has 0 saturated carbocycles. The summed E-state index contributed by atoms with van der Waals surface area (Å²) in [5.74, 6) is 0.671. The Labute approximate surface area is 190 Å². The number of halogens is 3. The molecule has 2 aromatic heterocycles. The number of alkyl halides is 3. The molecule has 2 aromatic rings. The first-order valence-corrected chi connectivity index (χ1v) is 9.95. The number of ketones is 1. The fraction of sp³-hybridized carbons (Fsp3) is 0.238. The van der Waals surface area contributed by atoms with Crippen LogP contribution in [0.3, 0.4) is 0 Å². The minimum atomic E-state index is -4.61. The van der Waals surface area contributed by atoms with Crippen molar-refractivity contribution in [1.82, 2.24) is 35.1 Å². The van der Waals surface area contributed by atoms with Gasteiger partial charge in [-0.25, -0.2) is 9.97 Å². The Morgan fingerprint density at radius 3 is 2.59 bits per heavy atom. The van der Waals surface area contributed by atoms with E-state index >= 15 is 0 Å². The maximum Gasteiger partial charge on any atom is 0.433 e. The van der Waals surface area contributed by atoms with Gasteiger partial charge in [-0.15, -0.1) is 10.2 Å². The normalized spacial score (nSPS) is 11.4. The molecule has 13 heteroatoms. The lowest BCUT2D eigenvalue weighted by atomic mass is 10.0. The summed E-state index contributed by atoms with van der Waals surface area (Å²) in [6, 6.07) is 5.44. The molecular weight excluding hydrogens is 451 g/mol. The number of aromatic amines is 1. The molecular formula is C21H16F3N9O. The number of H-pyrrole nitrogens is 1. The van der Waals surface area contributed by atoms with Crippen molar-refractivity contribution in [3.05, 3.63) is 65.3 Å². The number of likely N-dealkylation sites (N-methyl/N-ethyl adjacent to an activating group) is 1. The fourth-order valence-electron chi connectivity index (χ4n) is 3.20. The van der Waals surface area contributed by atoms with Crippen molar-refractivity contribution in [2.75, 3.05) is 18.5 Å². The van der Waals surface area contributed by atoms with Crippen molar-refractivity contribution in [1.29, 1.82) is 5.26 Å². The van der Waals surface area contributed by atoms with Gasteiger partial charge in [0.15, 0.2) is 17.3 Å². The van der Waals surface area contributed by atoms with Crippen LogP contribution in [-0.4, -0.2) is 54.5 Å². The summed E-state index contributed by atoms with van der Waals surface area (Å²) < 4.78 is 38.3. The molecule has 0 unspecified atom stereocenters. The van der Waals surface area contributed by atoms with E-state index in [1.807, 2.05) is 6.07 Å². The average Bonchev–Trinajstić information content (AvgIpc) is 3.26. The monoisotopic (exact) mass is 467 g/mol. The molecule has 0 atom stereocenters. The van der Waals surface area contributed by atoms with E-state index in [1.165, 1.54) is 0 Å². The van der Waals surface area contributed by atoms with Gasteiger partial charge in [0.25, 0.3) is 0 Å². The fourth-order valence-corrected chi connectivity index (χ4v) is 3.20. The molecule has 0 saturated heterocycles. The summed E-state index contributed by atoms with van der Waals surface area (Å²) in [5, 5.41) is 17.1. The molecule has 34 heavy (non-hydrogen) atoms. The SMILES string of the molecule is CN(CCc1ncccn1)c1nc2nnc(C#N)c-2c(CC(=O)c2ccc(C(F)(F)F)nc2)[nH]1. The van der Waals surface area contributed by atoms with Gasteiger partial charge in [0.05, 0.1) is 12.0 Å². The van der Waals surface area contributed by atoms with Crippen molar-refractivity contribution in [3.8, 4) is 17.5 Å². The first kappa shape index (κ1) is 22.7. The number of rotatable bonds is 7. The highest BCUT2D eigenvalue weighted by atomic mass is 19.4. The Kier molecular flexibility index (Phi) is 6.13. The number of hydrogen-bond donors (Lipinski definition) is 1. The predicted octanol–water partition coefficient (Wildman–Crippen LogP) is 2.48. The Balaban J connectivity index is 1.61. The molecule has 0 aliphatic carbocycles. The van der Waals surface area contributed by atoms with E-state index in [0.717, 1.165) is 18.3 Å². The highest BCUT2D eigenvalue weighted by Gasteiger charge is 2.32. The summed E-state index contributed by atoms with van der Waals surface area (Å²) in [4.78, 5) is 33.7. The van der Waals surface area contributed by atoms with Crippen molar-refractivity contribution in [2.45, 2.75) is 19.0 Å². The van der Waals surface area contributed by atoms with E-state index in [0.29, 0.717) is 30.4 Å². The summed E-state index contributed by atoms with van der Waals surface area (Å²) in [5.41, 5.74) is -0.523. The van der Waals surface area contributed by atoms with Gasteiger partial charge >= 0.3 is 6.18 Å². The summed E-state index contributed by atoms with van der Waals surface area (Å²) >= 11 is 0. The Morgan fingerprint density at radius 2 is 1.94 bits per heavy atom. The van der Waals surface area contributed by atoms with E-state index in [9.17, 15) is 23.2 Å². The van der Waals surface area contributed by atoms with Gasteiger partial charge in [0, 0.05) is 49.9 Å². The van der Waals surface area contributed by atoms with Gasteiger partial charge < -0.3 is 9.88 Å². The summed E-state index contributed by atoms with van der Waals surface area (Å²) in [6.07, 6.45) is -0.180. The Morgan fingerprint density at radius 1 is 1.18 bits per heavy atom. The van der Waals surface area contributed by atoms with Gasteiger partial charge in [-0.1, -0.05) is 0 Å². The molecule has 0 spiro atoms. The minimum Gasteiger partial charge on any atom is -0.345 e. The lowest BCUT2D eigenvalue weighted by Crippen LogP contribution is -2.24. The second-order valence-electron chi connectivity index (χ2n) is 7.26. The molecule has 4 heterocycles. The number of aromatic nitrogens is 7. The molecule has 2 aliphatic heterocycles. The first-order chi connectivity index (χ1) is 16.3. The van der Waals surface area contributed by atoms with Gasteiger partial charge in [-0.2, -0.15) is 23.4 Å². The third-order valence-corrected chi connectivity index (χ3v) is 4.95. The zero-order chi connectivity index (χ0) is 24.3. The molecule has 1 N–H and O–H groups in total. The number of nitrogens with zero attached hydrogens (tertiary/aromatic N) is 8. The van der Waals surface area contributed by atoms with Crippen LogP contribution in [0.15, 0.2) is 36.8 Å². The highest BCUT2D eigenvalue weighted by molar-refractivity contribution is 5.98. The van der Waals surface area contributed by atoms with Gasteiger partial charge in [0.1, 0.15) is 17.6 Å². The van der Waals surface area contributed by atoms with Gasteiger partial charge in [-0.05, 0) is 18.2 Å². The van der Waals surface area contributed by atoms with Crippen LogP contribution in [0.25, 0.3) is 11.4 Å². The molecule has 0 amide bonds. The van der Waals surface area contributed by atoms with Crippen molar-refractivity contribution < 1.29 is 18.0 Å². The summed E-state index contributed by atoms with van der Waals surface area (Å²) in [6.45, 7) is 0.481. The van der Waals surface area contributed by atoms with E-state index in [-0.39, 0.29) is 29.1 Å². The molecule has 0 fully saturated rings. The average molecular weight is 467 g/mol. The largest absolute Gasteiger partial charge is 0.433 e. The lowest BCUT2D eigenvalue weighted by Gasteiger charge is -2.19. The summed E-state index contributed by atoms with van der Waals surface area (Å²) in [7, 11) is 1.76. The number of fused-ring (bicyclic) bond motifs is 1. The quantitative estimate of drug-likeness (QED) is 0.406. The number of carbonyl (C=O) groups is 1. The maximum atomic E-state index is 12.8. The Bertz CT molecular complexity index is 1310. The molecule has 172 valence electrons. The predicted molar refractivity (Wildman–Crippen MR) is 112 cm³/mol. The molecule has 0 bridgehead atoms. The van der Waals surface area contributed by atoms with Crippen LogP contribution >= 0.6 is 0 Å². The van der Waals surface area contributed by atoms with Crippen molar-refractivity contribution in [3.63, 3.8) is 0 Å². The minimum absolute atomic E-state index is 0.00604. The van der Waals surface area contributed by atoms with Crippen LogP contribution < -0.4 is 4.90 Å². The molecule has 4 rings (SSSR count). The molecule has 0 aromatic carbocycles. The van der Waals surface area contributed by atoms with Gasteiger partial charge in [0.2, 0.25) is 5.95 Å². The molecule has 2 aliphatic rings. The smallest absolute Gasteiger partial charge is 0.345 e. The number of anilines is 1. The zero-order valence-corrected chi connectivity index (χ0v) is 17.7. The number of carbonyl (C=O) groups excluding carboxylic acids is 1. The van der Waals surface area contributed by atoms with Crippen LogP contribution in [0.1, 0.15) is 33.3 Å². The van der Waals surface area contributed by atoms with Crippen LogP contribution in [0.5, 0.6) is 0 Å². The number of Topliss-reactive ketones (excluding diaryl/α,β-unsaturated/α-hetero) is 1. The van der Waals surface area contributed by atoms with E-state index in [1.54, 1.807) is 30.4 Å².